The van der Waals surface area contributed by atoms with Crippen LogP contribution in [0.4, 0.5) is 10.1 Å². The van der Waals surface area contributed by atoms with Gasteiger partial charge in [-0.1, -0.05) is 17.7 Å². The van der Waals surface area contributed by atoms with Crippen molar-refractivity contribution in [2.24, 2.45) is 0 Å². The summed E-state index contributed by atoms with van der Waals surface area (Å²) in [5.41, 5.74) is 0.772. The molecule has 0 spiro atoms. The van der Waals surface area contributed by atoms with Gasteiger partial charge in [0.25, 0.3) is 5.91 Å². The van der Waals surface area contributed by atoms with Crippen LogP contribution in [0.25, 0.3) is 0 Å². The molecule has 0 bridgehead atoms. The third-order valence-electron chi connectivity index (χ3n) is 2.50. The van der Waals surface area contributed by atoms with Crippen LogP contribution in [0.15, 0.2) is 47.4 Å². The van der Waals surface area contributed by atoms with Crippen molar-refractivity contribution < 1.29 is 9.18 Å². The number of halogens is 2. The minimum Gasteiger partial charge on any atom is -0.322 e. The molecule has 5 heteroatoms. The molecule has 0 aliphatic heterocycles. The second kappa shape index (κ2) is 6.08. The summed E-state index contributed by atoms with van der Waals surface area (Å²) in [5, 5.41) is 2.99. The number of hydrogen-bond acceptors (Lipinski definition) is 2. The number of carbonyl (C=O) groups is 1. The maximum absolute atomic E-state index is 13.0. The van der Waals surface area contributed by atoms with Crippen LogP contribution in [0.1, 0.15) is 10.4 Å². The molecular formula is C14H11ClFNOS. The molecule has 98 valence electrons. The fourth-order valence-electron chi connectivity index (χ4n) is 1.57. The van der Waals surface area contributed by atoms with Crippen molar-refractivity contribution in [3.63, 3.8) is 0 Å². The number of anilines is 1. The Balaban J connectivity index is 2.25. The summed E-state index contributed by atoms with van der Waals surface area (Å²) in [6.07, 6.45) is 1.91. The number of rotatable bonds is 3. The highest BCUT2D eigenvalue weighted by molar-refractivity contribution is 7.98. The Morgan fingerprint density at radius 3 is 2.74 bits per heavy atom. The standard InChI is InChI=1S/C14H11ClFNOS/c1-19-11-5-6-13(15)12(8-11)14(18)17-10-4-2-3-9(16)7-10/h2-8H,1H3,(H,17,18). The Kier molecular flexibility index (Phi) is 4.45. The van der Waals surface area contributed by atoms with E-state index in [0.29, 0.717) is 16.3 Å². The topological polar surface area (TPSA) is 29.1 Å². The average Bonchev–Trinajstić information content (AvgIpc) is 2.39. The molecule has 2 aromatic rings. The molecule has 1 amide bonds. The normalized spacial score (nSPS) is 10.3. The number of hydrogen-bond donors (Lipinski definition) is 1. The number of nitrogens with one attached hydrogen (secondary N) is 1. The molecule has 0 aromatic heterocycles. The molecule has 0 aliphatic carbocycles. The van der Waals surface area contributed by atoms with Gasteiger partial charge in [0.2, 0.25) is 0 Å². The lowest BCUT2D eigenvalue weighted by Gasteiger charge is -2.08. The van der Waals surface area contributed by atoms with Crippen LogP contribution in [0, 0.1) is 5.82 Å². The first-order valence-electron chi connectivity index (χ1n) is 5.50. The van der Waals surface area contributed by atoms with Crippen LogP contribution in [-0.4, -0.2) is 12.2 Å². The van der Waals surface area contributed by atoms with E-state index in [9.17, 15) is 9.18 Å². The molecule has 19 heavy (non-hydrogen) atoms. The highest BCUT2D eigenvalue weighted by Crippen LogP contribution is 2.24. The second-order valence-electron chi connectivity index (χ2n) is 3.81. The average molecular weight is 296 g/mol. The zero-order chi connectivity index (χ0) is 13.8. The number of carbonyl (C=O) groups excluding carboxylic acids is 1. The summed E-state index contributed by atoms with van der Waals surface area (Å²) in [6.45, 7) is 0. The molecule has 1 N–H and O–H groups in total. The zero-order valence-corrected chi connectivity index (χ0v) is 11.7. The fraction of sp³-hybridized carbons (Fsp3) is 0.0714. The van der Waals surface area contributed by atoms with E-state index >= 15 is 0 Å². The zero-order valence-electron chi connectivity index (χ0n) is 10.1. The van der Waals surface area contributed by atoms with E-state index in [2.05, 4.69) is 5.32 Å². The lowest BCUT2D eigenvalue weighted by molar-refractivity contribution is 0.102. The summed E-state index contributed by atoms with van der Waals surface area (Å²) in [4.78, 5) is 13.0. The highest BCUT2D eigenvalue weighted by Gasteiger charge is 2.11. The Labute approximate surface area is 120 Å². The first-order valence-corrected chi connectivity index (χ1v) is 7.11. The van der Waals surface area contributed by atoms with Crippen molar-refractivity contribution in [1.29, 1.82) is 0 Å². The lowest BCUT2D eigenvalue weighted by atomic mass is 10.2. The van der Waals surface area contributed by atoms with Crippen LogP contribution in [-0.2, 0) is 0 Å². The number of amides is 1. The van der Waals surface area contributed by atoms with E-state index in [1.54, 1.807) is 18.2 Å². The molecule has 2 rings (SSSR count). The second-order valence-corrected chi connectivity index (χ2v) is 5.10. The van der Waals surface area contributed by atoms with Gasteiger partial charge in [-0.25, -0.2) is 4.39 Å². The summed E-state index contributed by atoms with van der Waals surface area (Å²) in [5.74, 6) is -0.756. The molecule has 0 aliphatic rings. The van der Waals surface area contributed by atoms with E-state index in [0.717, 1.165) is 4.90 Å². The molecule has 2 aromatic carbocycles. The van der Waals surface area contributed by atoms with Gasteiger partial charge in [0, 0.05) is 10.6 Å². The Morgan fingerprint density at radius 1 is 1.26 bits per heavy atom. The summed E-state index contributed by atoms with van der Waals surface area (Å²) < 4.78 is 13.0. The van der Waals surface area contributed by atoms with Gasteiger partial charge in [0.15, 0.2) is 0 Å². The van der Waals surface area contributed by atoms with Gasteiger partial charge in [-0.15, -0.1) is 11.8 Å². The first kappa shape index (κ1) is 13.9. The molecular weight excluding hydrogens is 285 g/mol. The largest absolute Gasteiger partial charge is 0.322 e. The van der Waals surface area contributed by atoms with Crippen LogP contribution < -0.4 is 5.32 Å². The Bertz CT molecular complexity index is 618. The number of thioether (sulfide) groups is 1. The van der Waals surface area contributed by atoms with Crippen LogP contribution in [0.5, 0.6) is 0 Å². The van der Waals surface area contributed by atoms with Gasteiger partial charge in [0.05, 0.1) is 10.6 Å². The summed E-state index contributed by atoms with van der Waals surface area (Å²) in [7, 11) is 0. The highest BCUT2D eigenvalue weighted by atomic mass is 35.5. The van der Waals surface area contributed by atoms with Crippen LogP contribution in [0.2, 0.25) is 5.02 Å². The first-order chi connectivity index (χ1) is 9.10. The molecule has 2 nitrogen and oxygen atoms in total. The summed E-state index contributed by atoms with van der Waals surface area (Å²) >= 11 is 7.52. The maximum Gasteiger partial charge on any atom is 0.257 e. The van der Waals surface area contributed by atoms with E-state index < -0.39 is 5.82 Å². The summed E-state index contributed by atoms with van der Waals surface area (Å²) in [6, 6.07) is 10.9. The fourth-order valence-corrected chi connectivity index (χ4v) is 2.21. The van der Waals surface area contributed by atoms with Crippen molar-refractivity contribution in [1.82, 2.24) is 0 Å². The van der Waals surface area contributed by atoms with E-state index in [-0.39, 0.29) is 5.91 Å². The van der Waals surface area contributed by atoms with Crippen LogP contribution in [0.3, 0.4) is 0 Å². The molecule has 0 heterocycles. The third-order valence-corrected chi connectivity index (χ3v) is 3.56. The quantitative estimate of drug-likeness (QED) is 0.847. The SMILES string of the molecule is CSc1ccc(Cl)c(C(=O)Nc2cccc(F)c2)c1. The van der Waals surface area contributed by atoms with Gasteiger partial charge in [-0.05, 0) is 42.7 Å². The predicted molar refractivity (Wildman–Crippen MR) is 77.6 cm³/mol. The molecule has 0 atom stereocenters. The van der Waals surface area contributed by atoms with Crippen molar-refractivity contribution in [3.8, 4) is 0 Å². The van der Waals surface area contributed by atoms with Crippen molar-refractivity contribution in [2.45, 2.75) is 4.90 Å². The van der Waals surface area contributed by atoms with E-state index in [1.165, 1.54) is 30.0 Å². The number of benzene rings is 2. The van der Waals surface area contributed by atoms with Crippen molar-refractivity contribution in [2.75, 3.05) is 11.6 Å². The molecule has 0 saturated carbocycles. The van der Waals surface area contributed by atoms with Gasteiger partial charge >= 0.3 is 0 Å². The third kappa shape index (κ3) is 3.49. The minimum atomic E-state index is -0.401. The van der Waals surface area contributed by atoms with E-state index in [1.807, 2.05) is 12.3 Å². The molecule has 0 fully saturated rings. The van der Waals surface area contributed by atoms with Crippen LogP contribution >= 0.6 is 23.4 Å². The minimum absolute atomic E-state index is 0.355. The molecule has 0 unspecified atom stereocenters. The molecule has 0 radical (unpaired) electrons. The van der Waals surface area contributed by atoms with Gasteiger partial charge in [-0.3, -0.25) is 4.79 Å². The van der Waals surface area contributed by atoms with E-state index in [4.69, 9.17) is 11.6 Å². The lowest BCUT2D eigenvalue weighted by Crippen LogP contribution is -2.12. The monoisotopic (exact) mass is 295 g/mol. The Hall–Kier alpha value is -1.52. The van der Waals surface area contributed by atoms with Crippen molar-refractivity contribution in [3.05, 3.63) is 58.9 Å². The smallest absolute Gasteiger partial charge is 0.257 e. The predicted octanol–water partition coefficient (Wildman–Crippen LogP) is 4.45. The van der Waals surface area contributed by atoms with Crippen molar-refractivity contribution >= 4 is 35.0 Å². The Morgan fingerprint density at radius 2 is 2.05 bits per heavy atom. The van der Waals surface area contributed by atoms with Gasteiger partial charge in [0.1, 0.15) is 5.82 Å². The van der Waals surface area contributed by atoms with Gasteiger partial charge in [-0.2, -0.15) is 0 Å². The maximum atomic E-state index is 13.0. The molecule has 0 saturated heterocycles. The van der Waals surface area contributed by atoms with Gasteiger partial charge < -0.3 is 5.32 Å².